The molecule has 0 amide bonds. The molecule has 3 aromatic heterocycles. The maximum atomic E-state index is 5.19. The molecular formula is C18H15N5OS. The van der Waals surface area contributed by atoms with E-state index in [2.05, 4.69) is 16.7 Å². The van der Waals surface area contributed by atoms with E-state index in [1.165, 1.54) is 6.26 Å². The lowest BCUT2D eigenvalue weighted by Crippen LogP contribution is -2.00. The van der Waals surface area contributed by atoms with Gasteiger partial charge < -0.3 is 4.74 Å². The molecular weight excluding hydrogens is 334 g/mol. The molecule has 3 heterocycles. The molecule has 4 aromatic rings. The second kappa shape index (κ2) is 6.90. The molecule has 4 rings (SSSR count). The number of thioether (sulfide) groups is 1. The molecule has 0 radical (unpaired) electrons. The van der Waals surface area contributed by atoms with E-state index >= 15 is 0 Å². The van der Waals surface area contributed by atoms with Gasteiger partial charge in [-0.2, -0.15) is 4.52 Å². The molecule has 0 saturated heterocycles. The SMILES string of the molecule is C=COCCSc1nc2ccccc2c2nc(-c3ccncc3)nn12. The van der Waals surface area contributed by atoms with Crippen molar-refractivity contribution in [1.82, 2.24) is 24.6 Å². The fourth-order valence-electron chi connectivity index (χ4n) is 2.51. The Morgan fingerprint density at radius 2 is 1.96 bits per heavy atom. The smallest absolute Gasteiger partial charge is 0.191 e. The Hall–Kier alpha value is -2.93. The van der Waals surface area contributed by atoms with Crippen LogP contribution in [0.2, 0.25) is 0 Å². The highest BCUT2D eigenvalue weighted by Crippen LogP contribution is 2.26. The van der Waals surface area contributed by atoms with Crippen molar-refractivity contribution in [3.8, 4) is 11.4 Å². The lowest BCUT2D eigenvalue weighted by Gasteiger charge is -2.05. The average Bonchev–Trinajstić information content (AvgIpc) is 3.12. The molecule has 0 aliphatic rings. The van der Waals surface area contributed by atoms with Gasteiger partial charge in [-0.3, -0.25) is 4.98 Å². The van der Waals surface area contributed by atoms with Crippen molar-refractivity contribution >= 4 is 28.3 Å². The van der Waals surface area contributed by atoms with E-state index in [4.69, 9.17) is 14.7 Å². The summed E-state index contributed by atoms with van der Waals surface area (Å²) in [5, 5.41) is 6.43. The molecule has 25 heavy (non-hydrogen) atoms. The van der Waals surface area contributed by atoms with Crippen LogP contribution >= 0.6 is 11.8 Å². The molecule has 0 aliphatic heterocycles. The minimum absolute atomic E-state index is 0.566. The van der Waals surface area contributed by atoms with Gasteiger partial charge in [0.2, 0.25) is 0 Å². The van der Waals surface area contributed by atoms with Gasteiger partial charge in [0.05, 0.1) is 18.4 Å². The van der Waals surface area contributed by atoms with E-state index in [0.717, 1.165) is 33.0 Å². The summed E-state index contributed by atoms with van der Waals surface area (Å²) in [6.07, 6.45) is 4.92. The number of nitrogens with zero attached hydrogens (tertiary/aromatic N) is 5. The Balaban J connectivity index is 1.84. The van der Waals surface area contributed by atoms with E-state index in [9.17, 15) is 0 Å². The summed E-state index contributed by atoms with van der Waals surface area (Å²) in [5.74, 6) is 1.40. The predicted molar refractivity (Wildman–Crippen MR) is 98.4 cm³/mol. The Morgan fingerprint density at radius 1 is 1.12 bits per heavy atom. The standard InChI is InChI=1S/C18H15N5OS/c1-2-24-11-12-25-18-20-15-6-4-3-5-14(15)17-21-16(22-23(17)18)13-7-9-19-10-8-13/h2-10H,1,11-12H2. The van der Waals surface area contributed by atoms with E-state index in [-0.39, 0.29) is 0 Å². The van der Waals surface area contributed by atoms with Crippen molar-refractivity contribution < 1.29 is 4.74 Å². The summed E-state index contributed by atoms with van der Waals surface area (Å²) in [5.41, 5.74) is 2.62. The maximum absolute atomic E-state index is 5.19. The van der Waals surface area contributed by atoms with Gasteiger partial charge in [-0.05, 0) is 24.3 Å². The number of rotatable bonds is 6. The van der Waals surface area contributed by atoms with Gasteiger partial charge in [-0.1, -0.05) is 30.5 Å². The third-order valence-corrected chi connectivity index (χ3v) is 4.53. The van der Waals surface area contributed by atoms with Crippen LogP contribution in [-0.4, -0.2) is 36.9 Å². The molecule has 6 nitrogen and oxygen atoms in total. The van der Waals surface area contributed by atoms with Crippen LogP contribution < -0.4 is 0 Å². The molecule has 0 saturated carbocycles. The molecule has 0 fully saturated rings. The molecule has 0 atom stereocenters. The van der Waals surface area contributed by atoms with Crippen molar-refractivity contribution in [3.05, 3.63) is 61.6 Å². The van der Waals surface area contributed by atoms with Crippen molar-refractivity contribution in [2.45, 2.75) is 5.16 Å². The van der Waals surface area contributed by atoms with Crippen molar-refractivity contribution in [3.63, 3.8) is 0 Å². The molecule has 1 aromatic carbocycles. The summed E-state index contributed by atoms with van der Waals surface area (Å²) in [6, 6.07) is 11.7. The Bertz CT molecular complexity index is 1030. The predicted octanol–water partition coefficient (Wildman–Crippen LogP) is 3.59. The van der Waals surface area contributed by atoms with E-state index in [1.807, 2.05) is 36.4 Å². The monoisotopic (exact) mass is 349 g/mol. The fourth-order valence-corrected chi connectivity index (χ4v) is 3.29. The minimum atomic E-state index is 0.566. The average molecular weight is 349 g/mol. The van der Waals surface area contributed by atoms with Crippen LogP contribution in [0.15, 0.2) is 66.8 Å². The van der Waals surface area contributed by atoms with Gasteiger partial charge in [0.1, 0.15) is 0 Å². The summed E-state index contributed by atoms with van der Waals surface area (Å²) in [6.45, 7) is 4.12. The number of ether oxygens (including phenoxy) is 1. The number of hydrogen-bond acceptors (Lipinski definition) is 6. The number of benzene rings is 1. The first-order valence-electron chi connectivity index (χ1n) is 7.78. The molecule has 124 valence electrons. The second-order valence-electron chi connectivity index (χ2n) is 5.20. The summed E-state index contributed by atoms with van der Waals surface area (Å²) >= 11 is 1.58. The fraction of sp³-hybridized carbons (Fsp3) is 0.111. The first-order chi connectivity index (χ1) is 12.4. The van der Waals surface area contributed by atoms with Crippen molar-refractivity contribution in [2.75, 3.05) is 12.4 Å². The molecule has 0 N–H and O–H groups in total. The van der Waals surface area contributed by atoms with E-state index in [1.54, 1.807) is 28.7 Å². The lowest BCUT2D eigenvalue weighted by atomic mass is 10.2. The summed E-state index contributed by atoms with van der Waals surface area (Å²) < 4.78 is 6.99. The topological polar surface area (TPSA) is 65.2 Å². The number of aromatic nitrogens is 5. The highest BCUT2D eigenvalue weighted by molar-refractivity contribution is 7.99. The number of para-hydroxylation sites is 1. The van der Waals surface area contributed by atoms with Crippen LogP contribution in [0.1, 0.15) is 0 Å². The molecule has 0 spiro atoms. The summed E-state index contributed by atoms with van der Waals surface area (Å²) in [7, 11) is 0. The number of hydrogen-bond donors (Lipinski definition) is 0. The van der Waals surface area contributed by atoms with Gasteiger partial charge in [0.15, 0.2) is 16.6 Å². The zero-order valence-corrected chi connectivity index (χ0v) is 14.2. The van der Waals surface area contributed by atoms with Gasteiger partial charge >= 0.3 is 0 Å². The van der Waals surface area contributed by atoms with E-state index < -0.39 is 0 Å². The van der Waals surface area contributed by atoms with Gasteiger partial charge in [-0.15, -0.1) is 5.10 Å². The highest BCUT2D eigenvalue weighted by atomic mass is 32.2. The van der Waals surface area contributed by atoms with Gasteiger partial charge in [0, 0.05) is 29.1 Å². The van der Waals surface area contributed by atoms with Crippen LogP contribution in [0.5, 0.6) is 0 Å². The minimum Gasteiger partial charge on any atom is -0.501 e. The Kier molecular flexibility index (Phi) is 4.30. The molecule has 0 unspecified atom stereocenters. The zero-order valence-electron chi connectivity index (χ0n) is 13.4. The van der Waals surface area contributed by atoms with Crippen molar-refractivity contribution in [2.24, 2.45) is 0 Å². The normalized spacial score (nSPS) is 11.0. The van der Waals surface area contributed by atoms with Gasteiger partial charge in [0.25, 0.3) is 0 Å². The van der Waals surface area contributed by atoms with Crippen LogP contribution in [0.25, 0.3) is 27.9 Å². The maximum Gasteiger partial charge on any atom is 0.191 e. The number of pyridine rings is 1. The third kappa shape index (κ3) is 3.06. The second-order valence-corrected chi connectivity index (χ2v) is 6.27. The Morgan fingerprint density at radius 3 is 2.80 bits per heavy atom. The Labute approximate surface area is 148 Å². The molecule has 7 heteroatoms. The zero-order chi connectivity index (χ0) is 17.1. The summed E-state index contributed by atoms with van der Waals surface area (Å²) in [4.78, 5) is 13.5. The first kappa shape index (κ1) is 15.6. The van der Waals surface area contributed by atoms with Crippen molar-refractivity contribution in [1.29, 1.82) is 0 Å². The molecule has 0 aliphatic carbocycles. The highest BCUT2D eigenvalue weighted by Gasteiger charge is 2.14. The largest absolute Gasteiger partial charge is 0.501 e. The van der Waals surface area contributed by atoms with Crippen LogP contribution in [-0.2, 0) is 4.74 Å². The molecule has 0 bridgehead atoms. The lowest BCUT2D eigenvalue weighted by molar-refractivity contribution is 0.274. The number of fused-ring (bicyclic) bond motifs is 3. The third-order valence-electron chi connectivity index (χ3n) is 3.64. The van der Waals surface area contributed by atoms with Crippen LogP contribution in [0, 0.1) is 0 Å². The quantitative estimate of drug-likeness (QED) is 0.229. The van der Waals surface area contributed by atoms with Crippen LogP contribution in [0.4, 0.5) is 0 Å². The first-order valence-corrected chi connectivity index (χ1v) is 8.76. The van der Waals surface area contributed by atoms with Gasteiger partial charge in [-0.25, -0.2) is 9.97 Å². The van der Waals surface area contributed by atoms with E-state index in [0.29, 0.717) is 12.4 Å². The van der Waals surface area contributed by atoms with Crippen LogP contribution in [0.3, 0.4) is 0 Å².